The Hall–Kier alpha value is -2.42. The van der Waals surface area contributed by atoms with Crippen LogP contribution in [-0.2, 0) is 6.18 Å². The first-order chi connectivity index (χ1) is 12.3. The summed E-state index contributed by atoms with van der Waals surface area (Å²) in [4.78, 5) is 22.8. The highest BCUT2D eigenvalue weighted by Gasteiger charge is 2.31. The molecule has 1 amide bonds. The molecule has 1 N–H and O–H groups in total. The molecule has 1 aromatic carbocycles. The summed E-state index contributed by atoms with van der Waals surface area (Å²) >= 11 is 6.12. The third-order valence-corrected chi connectivity index (χ3v) is 4.56. The summed E-state index contributed by atoms with van der Waals surface area (Å²) in [5, 5.41) is 9.19. The number of nitrogens with one attached hydrogen (secondary N) is 1. The summed E-state index contributed by atoms with van der Waals surface area (Å²) in [6.07, 6.45) is -2.80. The van der Waals surface area contributed by atoms with E-state index in [1.54, 1.807) is 0 Å². The van der Waals surface area contributed by atoms with Gasteiger partial charge in [0.15, 0.2) is 11.5 Å². The lowest BCUT2D eigenvalue weighted by Gasteiger charge is -2.10. The molecule has 0 aliphatic heterocycles. The van der Waals surface area contributed by atoms with Gasteiger partial charge in [-0.3, -0.25) is 4.79 Å². The maximum atomic E-state index is 12.6. The number of nitrogens with zero attached hydrogens (tertiary/aromatic N) is 2. The van der Waals surface area contributed by atoms with E-state index in [4.69, 9.17) is 16.1 Å². The molecule has 1 fully saturated rings. The smallest absolute Gasteiger partial charge is 0.354 e. The van der Waals surface area contributed by atoms with E-state index in [-0.39, 0.29) is 34.1 Å². The van der Waals surface area contributed by atoms with Gasteiger partial charge in [0.2, 0.25) is 0 Å². The van der Waals surface area contributed by atoms with Gasteiger partial charge in [-0.15, -0.1) is 0 Å². The number of nitroso groups, excluding NO2 is 1. The van der Waals surface area contributed by atoms with Crippen LogP contribution >= 0.6 is 11.6 Å². The number of benzene rings is 1. The van der Waals surface area contributed by atoms with Gasteiger partial charge in [-0.05, 0) is 31.4 Å². The van der Waals surface area contributed by atoms with E-state index in [0.717, 1.165) is 12.1 Å². The van der Waals surface area contributed by atoms with Crippen LogP contribution in [0.2, 0.25) is 5.02 Å². The lowest BCUT2D eigenvalue weighted by molar-refractivity contribution is -0.137. The van der Waals surface area contributed by atoms with Crippen molar-refractivity contribution in [3.8, 4) is 11.3 Å². The van der Waals surface area contributed by atoms with Crippen molar-refractivity contribution >= 4 is 17.5 Å². The second-order valence-corrected chi connectivity index (χ2v) is 6.37. The zero-order valence-electron chi connectivity index (χ0n) is 13.2. The third-order valence-electron chi connectivity index (χ3n) is 4.21. The number of carbonyl (C=O) groups excluding carboxylic acids is 1. The number of halogens is 4. The molecule has 26 heavy (non-hydrogen) atoms. The fourth-order valence-electron chi connectivity index (χ4n) is 2.85. The van der Waals surface area contributed by atoms with Crippen molar-refractivity contribution in [3.05, 3.63) is 45.5 Å². The number of carbonyl (C=O) groups is 1. The Morgan fingerprint density at radius 2 is 1.96 bits per heavy atom. The summed E-state index contributed by atoms with van der Waals surface area (Å²) < 4.78 is 42.9. The summed E-state index contributed by atoms with van der Waals surface area (Å²) in [6, 6.07) is 3.61. The summed E-state index contributed by atoms with van der Waals surface area (Å²) in [6.45, 7) is 0. The molecule has 2 aromatic rings. The molecule has 1 aliphatic rings. The van der Waals surface area contributed by atoms with Crippen LogP contribution in [0.25, 0.3) is 11.3 Å². The van der Waals surface area contributed by atoms with Crippen molar-refractivity contribution in [1.29, 1.82) is 0 Å². The third kappa shape index (κ3) is 3.72. The van der Waals surface area contributed by atoms with Crippen LogP contribution in [0.4, 0.5) is 13.2 Å². The predicted molar refractivity (Wildman–Crippen MR) is 86.6 cm³/mol. The van der Waals surface area contributed by atoms with E-state index >= 15 is 0 Å². The van der Waals surface area contributed by atoms with Crippen LogP contribution in [0.5, 0.6) is 0 Å². The van der Waals surface area contributed by atoms with Crippen LogP contribution in [0.1, 0.15) is 35.3 Å². The van der Waals surface area contributed by atoms with Crippen LogP contribution in [0.3, 0.4) is 0 Å². The highest BCUT2D eigenvalue weighted by Crippen LogP contribution is 2.34. The molecule has 6 nitrogen and oxygen atoms in total. The van der Waals surface area contributed by atoms with Gasteiger partial charge in [-0.2, -0.15) is 18.1 Å². The fourth-order valence-corrected chi connectivity index (χ4v) is 3.11. The van der Waals surface area contributed by atoms with Crippen LogP contribution in [0.15, 0.2) is 34.0 Å². The molecule has 1 heterocycles. The predicted octanol–water partition coefficient (Wildman–Crippen LogP) is 4.43. The van der Waals surface area contributed by atoms with Crippen molar-refractivity contribution < 1.29 is 22.5 Å². The monoisotopic (exact) mass is 387 g/mol. The Labute approximate surface area is 150 Å². The van der Waals surface area contributed by atoms with Crippen molar-refractivity contribution in [2.24, 2.45) is 5.18 Å². The van der Waals surface area contributed by atoms with Crippen molar-refractivity contribution in [2.45, 2.75) is 37.5 Å². The lowest BCUT2D eigenvalue weighted by Crippen LogP contribution is -2.33. The second-order valence-electron chi connectivity index (χ2n) is 5.99. The highest BCUT2D eigenvalue weighted by atomic mass is 35.5. The SMILES string of the molecule is O=NC1CCC(NC(=O)c2noc(-c3ccc(C(F)(F)F)cc3)c2Cl)C1. The molecule has 0 spiro atoms. The van der Waals surface area contributed by atoms with Gasteiger partial charge in [0.05, 0.1) is 11.6 Å². The molecule has 0 saturated heterocycles. The Morgan fingerprint density at radius 3 is 2.54 bits per heavy atom. The summed E-state index contributed by atoms with van der Waals surface area (Å²) in [7, 11) is 0. The molecule has 1 aliphatic carbocycles. The highest BCUT2D eigenvalue weighted by molar-refractivity contribution is 6.35. The van der Waals surface area contributed by atoms with Gasteiger partial charge in [-0.25, -0.2) is 0 Å². The quantitative estimate of drug-likeness (QED) is 0.786. The van der Waals surface area contributed by atoms with Crippen LogP contribution in [0, 0.1) is 4.91 Å². The van der Waals surface area contributed by atoms with Crippen molar-refractivity contribution in [3.63, 3.8) is 0 Å². The maximum Gasteiger partial charge on any atom is 0.416 e. The molecule has 1 saturated carbocycles. The Morgan fingerprint density at radius 1 is 1.27 bits per heavy atom. The molecular weight excluding hydrogens is 375 g/mol. The van der Waals surface area contributed by atoms with Gasteiger partial charge >= 0.3 is 6.18 Å². The van der Waals surface area contributed by atoms with Gasteiger partial charge in [0.25, 0.3) is 5.91 Å². The molecule has 2 atom stereocenters. The fraction of sp³-hybridized carbons (Fsp3) is 0.375. The van der Waals surface area contributed by atoms with E-state index in [2.05, 4.69) is 15.7 Å². The molecule has 138 valence electrons. The van der Waals surface area contributed by atoms with Gasteiger partial charge in [0.1, 0.15) is 5.02 Å². The van der Waals surface area contributed by atoms with Gasteiger partial charge in [0, 0.05) is 11.6 Å². The first-order valence-electron chi connectivity index (χ1n) is 7.75. The normalized spacial score (nSPS) is 20.2. The Kier molecular flexibility index (Phi) is 4.99. The standard InChI is InChI=1S/C16H13ClF3N3O3/c17-12-13(15(24)21-10-5-6-11(7-10)22-25)23-26-14(12)8-1-3-9(4-2-8)16(18,19)20/h1-4,10-11H,5-7H2,(H,21,24). The van der Waals surface area contributed by atoms with Crippen molar-refractivity contribution in [1.82, 2.24) is 10.5 Å². The van der Waals surface area contributed by atoms with Gasteiger partial charge < -0.3 is 9.84 Å². The zero-order chi connectivity index (χ0) is 18.9. The topological polar surface area (TPSA) is 84.6 Å². The number of rotatable bonds is 4. The summed E-state index contributed by atoms with van der Waals surface area (Å²) in [5.74, 6) is -0.571. The minimum Gasteiger partial charge on any atom is -0.354 e. The average molecular weight is 388 g/mol. The number of hydrogen-bond donors (Lipinski definition) is 1. The number of aromatic nitrogens is 1. The molecule has 0 bridgehead atoms. The van der Waals surface area contributed by atoms with Gasteiger partial charge in [-0.1, -0.05) is 34.1 Å². The molecule has 3 rings (SSSR count). The lowest BCUT2D eigenvalue weighted by atomic mass is 10.1. The minimum atomic E-state index is -4.45. The first-order valence-corrected chi connectivity index (χ1v) is 8.13. The second kappa shape index (κ2) is 7.06. The van der Waals surface area contributed by atoms with Crippen molar-refractivity contribution in [2.75, 3.05) is 0 Å². The van der Waals surface area contributed by atoms with E-state index in [1.807, 2.05) is 0 Å². The minimum absolute atomic E-state index is 0.00407. The average Bonchev–Trinajstić information content (AvgIpc) is 3.20. The van der Waals surface area contributed by atoms with E-state index in [1.165, 1.54) is 12.1 Å². The largest absolute Gasteiger partial charge is 0.416 e. The summed E-state index contributed by atoms with van der Waals surface area (Å²) in [5.41, 5.74) is -0.709. The maximum absolute atomic E-state index is 12.6. The Balaban J connectivity index is 1.75. The number of amides is 1. The Bertz CT molecular complexity index is 820. The van der Waals surface area contributed by atoms with Crippen LogP contribution in [-0.4, -0.2) is 23.1 Å². The molecule has 1 aromatic heterocycles. The number of hydrogen-bond acceptors (Lipinski definition) is 5. The van der Waals surface area contributed by atoms with E-state index in [0.29, 0.717) is 19.3 Å². The molecule has 2 unspecified atom stereocenters. The van der Waals surface area contributed by atoms with E-state index in [9.17, 15) is 22.9 Å². The van der Waals surface area contributed by atoms with Crippen LogP contribution < -0.4 is 5.32 Å². The molecular formula is C16H13ClF3N3O3. The first kappa shape index (κ1) is 18.4. The molecule has 0 radical (unpaired) electrons. The number of alkyl halides is 3. The zero-order valence-corrected chi connectivity index (χ0v) is 14.0. The molecule has 10 heteroatoms. The van der Waals surface area contributed by atoms with E-state index < -0.39 is 17.6 Å².